The van der Waals surface area contributed by atoms with Crippen LogP contribution in [0.2, 0.25) is 0 Å². The van der Waals surface area contributed by atoms with Gasteiger partial charge in [0.1, 0.15) is 11.5 Å². The molecule has 1 unspecified atom stereocenters. The zero-order chi connectivity index (χ0) is 12.0. The van der Waals surface area contributed by atoms with Crippen LogP contribution in [0, 0.1) is 0 Å². The molecule has 1 aromatic rings. The first-order chi connectivity index (χ1) is 7.67. The number of aryl methyl sites for hydroxylation is 1. The molecule has 16 heavy (non-hydrogen) atoms. The summed E-state index contributed by atoms with van der Waals surface area (Å²) in [5.74, 6) is 0.954. The standard InChI is InChI=1S/C13H19NO2/c1-3-12(14)13(15)8-7-10-5-4-6-11(9-10)16-2/h4-6,9,12H,3,7-8,14H2,1-2H3. The summed E-state index contributed by atoms with van der Waals surface area (Å²) in [6.45, 7) is 1.92. The molecule has 0 fully saturated rings. The van der Waals surface area contributed by atoms with Gasteiger partial charge in [-0.2, -0.15) is 0 Å². The number of nitrogens with two attached hydrogens (primary N) is 1. The van der Waals surface area contributed by atoms with Crippen molar-refractivity contribution in [2.75, 3.05) is 7.11 Å². The molecule has 1 atom stereocenters. The summed E-state index contributed by atoms with van der Waals surface area (Å²) < 4.78 is 5.12. The Balaban J connectivity index is 2.51. The van der Waals surface area contributed by atoms with Gasteiger partial charge in [0.15, 0.2) is 0 Å². The van der Waals surface area contributed by atoms with Crippen molar-refractivity contribution in [3.05, 3.63) is 29.8 Å². The van der Waals surface area contributed by atoms with E-state index < -0.39 is 0 Å². The quantitative estimate of drug-likeness (QED) is 0.798. The van der Waals surface area contributed by atoms with Crippen LogP contribution in [0.25, 0.3) is 0 Å². The molecule has 88 valence electrons. The van der Waals surface area contributed by atoms with E-state index in [-0.39, 0.29) is 11.8 Å². The number of hydrogen-bond donors (Lipinski definition) is 1. The number of ether oxygens (including phenoxy) is 1. The monoisotopic (exact) mass is 221 g/mol. The Kier molecular flexibility index (Phi) is 4.99. The van der Waals surface area contributed by atoms with Crippen molar-refractivity contribution < 1.29 is 9.53 Å². The number of hydrogen-bond acceptors (Lipinski definition) is 3. The number of rotatable bonds is 6. The molecule has 3 nitrogen and oxygen atoms in total. The first kappa shape index (κ1) is 12.7. The molecule has 0 spiro atoms. The lowest BCUT2D eigenvalue weighted by Crippen LogP contribution is -2.29. The molecule has 0 saturated heterocycles. The molecule has 0 aliphatic carbocycles. The van der Waals surface area contributed by atoms with Crippen molar-refractivity contribution in [1.82, 2.24) is 0 Å². The van der Waals surface area contributed by atoms with E-state index >= 15 is 0 Å². The van der Waals surface area contributed by atoms with E-state index in [1.807, 2.05) is 31.2 Å². The van der Waals surface area contributed by atoms with Crippen molar-refractivity contribution in [3.63, 3.8) is 0 Å². The van der Waals surface area contributed by atoms with E-state index in [0.717, 1.165) is 17.7 Å². The number of methoxy groups -OCH3 is 1. The predicted molar refractivity (Wildman–Crippen MR) is 64.6 cm³/mol. The first-order valence-electron chi connectivity index (χ1n) is 5.58. The summed E-state index contributed by atoms with van der Waals surface area (Å²) >= 11 is 0. The number of benzene rings is 1. The van der Waals surface area contributed by atoms with Crippen LogP contribution in [-0.4, -0.2) is 18.9 Å². The van der Waals surface area contributed by atoms with Gasteiger partial charge in [0.25, 0.3) is 0 Å². The first-order valence-corrected chi connectivity index (χ1v) is 5.58. The van der Waals surface area contributed by atoms with Gasteiger partial charge in [-0.3, -0.25) is 4.79 Å². The molecule has 2 N–H and O–H groups in total. The van der Waals surface area contributed by atoms with E-state index in [0.29, 0.717) is 12.8 Å². The summed E-state index contributed by atoms with van der Waals surface area (Å²) in [6.07, 6.45) is 1.93. The van der Waals surface area contributed by atoms with E-state index in [1.165, 1.54) is 0 Å². The molecular weight excluding hydrogens is 202 g/mol. The zero-order valence-corrected chi connectivity index (χ0v) is 9.90. The van der Waals surface area contributed by atoms with E-state index in [1.54, 1.807) is 7.11 Å². The Morgan fingerprint density at radius 2 is 2.25 bits per heavy atom. The van der Waals surface area contributed by atoms with Crippen molar-refractivity contribution in [1.29, 1.82) is 0 Å². The minimum Gasteiger partial charge on any atom is -0.497 e. The van der Waals surface area contributed by atoms with Crippen LogP contribution >= 0.6 is 0 Å². The van der Waals surface area contributed by atoms with E-state index in [2.05, 4.69) is 0 Å². The van der Waals surface area contributed by atoms with Gasteiger partial charge < -0.3 is 10.5 Å². The topological polar surface area (TPSA) is 52.3 Å². The van der Waals surface area contributed by atoms with Gasteiger partial charge >= 0.3 is 0 Å². The Morgan fingerprint density at radius 3 is 2.88 bits per heavy atom. The molecule has 0 aromatic heterocycles. The van der Waals surface area contributed by atoms with Crippen LogP contribution in [0.3, 0.4) is 0 Å². The van der Waals surface area contributed by atoms with Gasteiger partial charge in [0.2, 0.25) is 0 Å². The van der Waals surface area contributed by atoms with E-state index in [4.69, 9.17) is 10.5 Å². The van der Waals surface area contributed by atoms with Crippen LogP contribution in [0.5, 0.6) is 5.75 Å². The highest BCUT2D eigenvalue weighted by Crippen LogP contribution is 2.14. The summed E-state index contributed by atoms with van der Waals surface area (Å²) in [4.78, 5) is 11.5. The summed E-state index contributed by atoms with van der Waals surface area (Å²) in [5, 5.41) is 0. The van der Waals surface area contributed by atoms with Gasteiger partial charge in [-0.1, -0.05) is 19.1 Å². The summed E-state index contributed by atoms with van der Waals surface area (Å²) in [5.41, 5.74) is 6.77. The lowest BCUT2D eigenvalue weighted by Gasteiger charge is -2.08. The van der Waals surface area contributed by atoms with Crippen LogP contribution < -0.4 is 10.5 Å². The largest absolute Gasteiger partial charge is 0.497 e. The molecule has 0 heterocycles. The molecule has 0 aliphatic rings. The molecule has 3 heteroatoms. The second-order valence-corrected chi connectivity index (χ2v) is 3.83. The second-order valence-electron chi connectivity index (χ2n) is 3.83. The van der Waals surface area contributed by atoms with Crippen molar-refractivity contribution >= 4 is 5.78 Å². The van der Waals surface area contributed by atoms with Crippen LogP contribution in [-0.2, 0) is 11.2 Å². The number of Topliss-reactive ketones (excluding diaryl/α,β-unsaturated/α-hetero) is 1. The minimum absolute atomic E-state index is 0.130. The van der Waals surface area contributed by atoms with Crippen molar-refractivity contribution in [2.45, 2.75) is 32.2 Å². The normalized spacial score (nSPS) is 12.2. The molecule has 0 radical (unpaired) electrons. The van der Waals surface area contributed by atoms with Gasteiger partial charge in [-0.15, -0.1) is 0 Å². The second kappa shape index (κ2) is 6.28. The molecule has 1 aromatic carbocycles. The summed E-state index contributed by atoms with van der Waals surface area (Å²) in [6, 6.07) is 7.45. The predicted octanol–water partition coefficient (Wildman–Crippen LogP) is 1.93. The lowest BCUT2D eigenvalue weighted by molar-refractivity contribution is -0.120. The van der Waals surface area contributed by atoms with Gasteiger partial charge in [0.05, 0.1) is 13.2 Å². The highest BCUT2D eigenvalue weighted by atomic mass is 16.5. The third-order valence-corrected chi connectivity index (χ3v) is 2.65. The molecule has 1 rings (SSSR count). The van der Waals surface area contributed by atoms with Crippen LogP contribution in [0.4, 0.5) is 0 Å². The molecule has 0 amide bonds. The number of carbonyl (C=O) groups is 1. The smallest absolute Gasteiger partial charge is 0.149 e. The fraction of sp³-hybridized carbons (Fsp3) is 0.462. The maximum atomic E-state index is 11.5. The Labute approximate surface area is 96.6 Å². The minimum atomic E-state index is -0.314. The zero-order valence-electron chi connectivity index (χ0n) is 9.90. The van der Waals surface area contributed by atoms with Crippen molar-refractivity contribution in [2.24, 2.45) is 5.73 Å². The summed E-state index contributed by atoms with van der Waals surface area (Å²) in [7, 11) is 1.64. The Morgan fingerprint density at radius 1 is 1.50 bits per heavy atom. The highest BCUT2D eigenvalue weighted by molar-refractivity contribution is 5.83. The molecule has 0 saturated carbocycles. The van der Waals surface area contributed by atoms with Gasteiger partial charge in [0, 0.05) is 6.42 Å². The third kappa shape index (κ3) is 3.66. The molecular formula is C13H19NO2. The van der Waals surface area contributed by atoms with Crippen LogP contribution in [0.1, 0.15) is 25.3 Å². The Bertz CT molecular complexity index is 350. The average molecular weight is 221 g/mol. The SMILES string of the molecule is CCC(N)C(=O)CCc1cccc(OC)c1. The fourth-order valence-electron chi connectivity index (χ4n) is 1.51. The third-order valence-electron chi connectivity index (χ3n) is 2.65. The fourth-order valence-corrected chi connectivity index (χ4v) is 1.51. The van der Waals surface area contributed by atoms with Gasteiger partial charge in [-0.05, 0) is 30.5 Å². The lowest BCUT2D eigenvalue weighted by atomic mass is 10.0. The highest BCUT2D eigenvalue weighted by Gasteiger charge is 2.10. The molecule has 0 bridgehead atoms. The average Bonchev–Trinajstić information content (AvgIpc) is 2.35. The Hall–Kier alpha value is -1.35. The van der Waals surface area contributed by atoms with Crippen LogP contribution in [0.15, 0.2) is 24.3 Å². The maximum absolute atomic E-state index is 11.5. The van der Waals surface area contributed by atoms with E-state index in [9.17, 15) is 4.79 Å². The number of ketones is 1. The van der Waals surface area contributed by atoms with Gasteiger partial charge in [-0.25, -0.2) is 0 Å². The maximum Gasteiger partial charge on any atom is 0.149 e. The number of carbonyl (C=O) groups excluding carboxylic acids is 1. The van der Waals surface area contributed by atoms with Crippen molar-refractivity contribution in [3.8, 4) is 5.75 Å². The molecule has 0 aliphatic heterocycles.